The van der Waals surface area contributed by atoms with E-state index in [4.69, 9.17) is 4.74 Å². The van der Waals surface area contributed by atoms with E-state index in [0.717, 1.165) is 44.6 Å². The maximum atomic E-state index is 16.6. The zero-order valence-corrected chi connectivity index (χ0v) is 35.2. The van der Waals surface area contributed by atoms with E-state index in [2.05, 4.69) is 0 Å². The van der Waals surface area contributed by atoms with Crippen LogP contribution in [0.25, 0.3) is 45.2 Å². The van der Waals surface area contributed by atoms with E-state index >= 15 is 26.3 Å². The predicted molar refractivity (Wildman–Crippen MR) is 243 cm³/mol. The van der Waals surface area contributed by atoms with E-state index in [9.17, 15) is 4.79 Å². The smallest absolute Gasteiger partial charge is 0.380 e. The number of hydrogen-bond donors (Lipinski definition) is 0. The van der Waals surface area contributed by atoms with Gasteiger partial charge in [0.2, 0.25) is 0 Å². The Balaban J connectivity index is 1.15. The standard InChI is InChI=1S/C53H34F6O2S2/c1-31-42(29-46(62-31)39(33-13-5-3-6-14-33)23-24-40-37-19-11-9-15-34(37)21-25-44(40)60)48-49(52(56,57)53(58,59)51(48,54)55)43-30-47(63-32(43)2)50(36-17-7-4-8-18-36)28-27-41-38-20-12-10-16-35(38)22-26-45(41)61-50/h3-30H,1-2H3/b39-23+,40-24+. The van der Waals surface area contributed by atoms with Gasteiger partial charge in [0, 0.05) is 42.5 Å². The SMILES string of the molecule is Cc1sc(/C(=C/C=C2/C(=O)C=Cc3ccccc32)c2ccccc2)cc1C1=C(c2cc(C3(c4ccccc4)C=Cc4c(ccc5ccccc45)O3)sc2C)C(F)(F)C(F)(F)C1(F)F. The molecule has 1 atom stereocenters. The number of aryl methyl sites for hydroxylation is 2. The predicted octanol–water partition coefficient (Wildman–Crippen LogP) is 14.9. The fourth-order valence-electron chi connectivity index (χ4n) is 8.82. The van der Waals surface area contributed by atoms with Gasteiger partial charge in [0.15, 0.2) is 11.4 Å². The number of alkyl halides is 6. The Labute approximate surface area is 367 Å². The van der Waals surface area contributed by atoms with Crippen molar-refractivity contribution < 1.29 is 35.9 Å². The molecule has 0 saturated heterocycles. The molecule has 2 aromatic heterocycles. The third-order valence-electron chi connectivity index (χ3n) is 12.0. The van der Waals surface area contributed by atoms with E-state index in [1.807, 2.05) is 84.9 Å². The molecule has 2 aliphatic carbocycles. The van der Waals surface area contributed by atoms with Crippen molar-refractivity contribution in [2.75, 3.05) is 0 Å². The lowest BCUT2D eigenvalue weighted by atomic mass is 9.86. The first-order valence-electron chi connectivity index (χ1n) is 20.1. The Morgan fingerprint density at radius 1 is 0.635 bits per heavy atom. The summed E-state index contributed by atoms with van der Waals surface area (Å²) >= 11 is 2.04. The van der Waals surface area contributed by atoms with Crippen LogP contribution < -0.4 is 4.74 Å². The molecule has 1 aliphatic heterocycles. The Kier molecular flexibility index (Phi) is 9.54. The summed E-state index contributed by atoms with van der Waals surface area (Å²) in [7, 11) is 0. The van der Waals surface area contributed by atoms with Crippen LogP contribution in [0, 0.1) is 13.8 Å². The minimum atomic E-state index is -5.77. The number of allylic oxidation sites excluding steroid dienone is 6. The minimum absolute atomic E-state index is 0.137. The molecule has 0 N–H and O–H groups in total. The van der Waals surface area contributed by atoms with Crippen LogP contribution in [0.4, 0.5) is 26.3 Å². The number of ketones is 1. The van der Waals surface area contributed by atoms with Crippen LogP contribution in [-0.4, -0.2) is 23.6 Å². The minimum Gasteiger partial charge on any atom is -0.472 e. The number of benzene rings is 5. The fraction of sp³-hybridized carbons (Fsp3) is 0.113. The van der Waals surface area contributed by atoms with Crippen molar-refractivity contribution in [3.05, 3.63) is 216 Å². The van der Waals surface area contributed by atoms with Crippen molar-refractivity contribution >= 4 is 73.7 Å². The van der Waals surface area contributed by atoms with E-state index in [1.54, 1.807) is 66.8 Å². The van der Waals surface area contributed by atoms with Gasteiger partial charge >= 0.3 is 17.8 Å². The fourth-order valence-corrected chi connectivity index (χ4v) is 11.1. The molecule has 3 aliphatic rings. The Bertz CT molecular complexity index is 3170. The summed E-state index contributed by atoms with van der Waals surface area (Å²) in [5.74, 6) is -16.0. The summed E-state index contributed by atoms with van der Waals surface area (Å²) in [5.41, 5.74) is -0.627. The quantitative estimate of drug-likeness (QED) is 0.118. The van der Waals surface area contributed by atoms with Crippen molar-refractivity contribution in [2.24, 2.45) is 0 Å². The summed E-state index contributed by atoms with van der Waals surface area (Å²) in [5, 5.41) is 1.91. The molecule has 0 saturated carbocycles. The second-order valence-corrected chi connectivity index (χ2v) is 18.2. The Hall–Kier alpha value is -6.49. The highest BCUT2D eigenvalue weighted by Crippen LogP contribution is 2.66. The van der Waals surface area contributed by atoms with Crippen molar-refractivity contribution in [3.63, 3.8) is 0 Å². The van der Waals surface area contributed by atoms with Gasteiger partial charge in [0.25, 0.3) is 0 Å². The second-order valence-electron chi connectivity index (χ2n) is 15.7. The average Bonchev–Trinajstić information content (AvgIpc) is 3.89. The highest BCUT2D eigenvalue weighted by molar-refractivity contribution is 7.13. The molecule has 312 valence electrons. The summed E-state index contributed by atoms with van der Waals surface area (Å²) in [6.07, 6.45) is 10.2. The molecule has 5 aromatic carbocycles. The first-order valence-corrected chi connectivity index (χ1v) is 21.7. The Morgan fingerprint density at radius 2 is 1.27 bits per heavy atom. The van der Waals surface area contributed by atoms with Crippen LogP contribution in [0.15, 0.2) is 158 Å². The molecule has 0 fully saturated rings. The van der Waals surface area contributed by atoms with Crippen LogP contribution in [0.1, 0.15) is 58.5 Å². The zero-order chi connectivity index (χ0) is 43.9. The molecule has 10 heteroatoms. The molecule has 63 heavy (non-hydrogen) atoms. The van der Waals surface area contributed by atoms with E-state index in [-0.39, 0.29) is 15.5 Å². The van der Waals surface area contributed by atoms with Crippen molar-refractivity contribution in [2.45, 2.75) is 37.2 Å². The molecule has 0 radical (unpaired) electrons. The van der Waals surface area contributed by atoms with Gasteiger partial charge < -0.3 is 4.74 Å². The summed E-state index contributed by atoms with van der Waals surface area (Å²) in [6, 6.07) is 39.4. The molecule has 2 nitrogen and oxygen atoms in total. The van der Waals surface area contributed by atoms with Gasteiger partial charge in [-0.25, -0.2) is 0 Å². The number of thiophene rings is 2. The largest absolute Gasteiger partial charge is 0.472 e. The van der Waals surface area contributed by atoms with Crippen molar-refractivity contribution in [1.82, 2.24) is 0 Å². The molecular weight excluding hydrogens is 847 g/mol. The average molecular weight is 881 g/mol. The first kappa shape index (κ1) is 40.6. The molecule has 7 aromatic rings. The molecule has 0 amide bonds. The lowest BCUT2D eigenvalue weighted by Gasteiger charge is -2.35. The molecule has 3 heterocycles. The molecule has 0 bridgehead atoms. The molecule has 10 rings (SSSR count). The van der Waals surface area contributed by atoms with Crippen molar-refractivity contribution in [3.8, 4) is 5.75 Å². The number of fused-ring (bicyclic) bond motifs is 4. The number of ether oxygens (including phenoxy) is 1. The van der Waals surface area contributed by atoms with Crippen LogP contribution in [-0.2, 0) is 10.4 Å². The van der Waals surface area contributed by atoms with Gasteiger partial charge in [-0.15, -0.1) is 22.7 Å². The molecule has 1 unspecified atom stereocenters. The first-order chi connectivity index (χ1) is 30.2. The van der Waals surface area contributed by atoms with Crippen LogP contribution in [0.2, 0.25) is 0 Å². The van der Waals surface area contributed by atoms with Gasteiger partial charge in [-0.2, -0.15) is 26.3 Å². The van der Waals surface area contributed by atoms with Crippen LogP contribution >= 0.6 is 22.7 Å². The second kappa shape index (κ2) is 14.8. The van der Waals surface area contributed by atoms with Crippen molar-refractivity contribution in [1.29, 1.82) is 0 Å². The number of rotatable bonds is 7. The van der Waals surface area contributed by atoms with E-state index in [1.165, 1.54) is 32.1 Å². The third-order valence-corrected chi connectivity index (χ3v) is 14.2. The van der Waals surface area contributed by atoms with Gasteiger partial charge in [0.05, 0.1) is 4.88 Å². The third kappa shape index (κ3) is 6.25. The number of hydrogen-bond acceptors (Lipinski definition) is 4. The maximum absolute atomic E-state index is 16.6. The number of carbonyl (C=O) groups excluding carboxylic acids is 1. The highest BCUT2D eigenvalue weighted by atomic mass is 32.1. The van der Waals surface area contributed by atoms with E-state index < -0.39 is 45.6 Å². The normalized spacial score (nSPS) is 20.3. The van der Waals surface area contributed by atoms with Crippen LogP contribution in [0.5, 0.6) is 5.75 Å². The molecule has 0 spiro atoms. The number of halogens is 6. The topological polar surface area (TPSA) is 26.3 Å². The molecular formula is C53H34F6O2S2. The maximum Gasteiger partial charge on any atom is 0.380 e. The lowest BCUT2D eigenvalue weighted by molar-refractivity contribution is -0.254. The monoisotopic (exact) mass is 880 g/mol. The highest BCUT2D eigenvalue weighted by Gasteiger charge is 2.80. The van der Waals surface area contributed by atoms with Crippen LogP contribution in [0.3, 0.4) is 0 Å². The summed E-state index contributed by atoms with van der Waals surface area (Å²) in [6.45, 7) is 2.94. The van der Waals surface area contributed by atoms with Gasteiger partial charge in [-0.1, -0.05) is 127 Å². The zero-order valence-electron chi connectivity index (χ0n) is 33.6. The lowest BCUT2D eigenvalue weighted by Crippen LogP contribution is -2.48. The van der Waals surface area contributed by atoms with Gasteiger partial charge in [-0.3, -0.25) is 4.79 Å². The Morgan fingerprint density at radius 3 is 2.02 bits per heavy atom. The summed E-state index contributed by atoms with van der Waals surface area (Å²) in [4.78, 5) is 14.1. The summed E-state index contributed by atoms with van der Waals surface area (Å²) < 4.78 is 105. The van der Waals surface area contributed by atoms with E-state index in [0.29, 0.717) is 43.3 Å². The van der Waals surface area contributed by atoms with Gasteiger partial charge in [-0.05, 0) is 101 Å². The number of carbonyl (C=O) groups is 1. The van der Waals surface area contributed by atoms with Gasteiger partial charge in [0.1, 0.15) is 5.75 Å².